The lowest BCUT2D eigenvalue weighted by atomic mass is 10.1. The van der Waals surface area contributed by atoms with Crippen molar-refractivity contribution in [2.24, 2.45) is 0 Å². The Labute approximate surface area is 111 Å². The highest BCUT2D eigenvalue weighted by molar-refractivity contribution is 5.66. The Balaban J connectivity index is 2.18. The highest BCUT2D eigenvalue weighted by Crippen LogP contribution is 2.16. The number of rotatable bonds is 5. The summed E-state index contributed by atoms with van der Waals surface area (Å²) in [5, 5.41) is 8.63. The molecule has 0 aliphatic carbocycles. The maximum Gasteiger partial charge on any atom is 0.303 e. The molecule has 0 aliphatic rings. The molecule has 5 nitrogen and oxygen atoms in total. The first kappa shape index (κ1) is 13.1. The number of carbonyl (C=O) groups is 1. The molecule has 0 spiro atoms. The normalized spacial score (nSPS) is 10.4. The first-order valence-electron chi connectivity index (χ1n) is 6.12. The van der Waals surface area contributed by atoms with Gasteiger partial charge < -0.3 is 5.11 Å². The molecule has 19 heavy (non-hydrogen) atoms. The fourth-order valence-corrected chi connectivity index (χ4v) is 1.80. The van der Waals surface area contributed by atoms with Crippen LogP contribution in [0.25, 0.3) is 11.3 Å². The van der Waals surface area contributed by atoms with E-state index in [0.717, 1.165) is 17.0 Å². The zero-order valence-electron chi connectivity index (χ0n) is 10.7. The molecule has 0 bridgehead atoms. The van der Waals surface area contributed by atoms with Gasteiger partial charge in [0.2, 0.25) is 0 Å². The largest absolute Gasteiger partial charge is 0.481 e. The Morgan fingerprint density at radius 2 is 2.21 bits per heavy atom. The number of carboxylic acids is 1. The summed E-state index contributed by atoms with van der Waals surface area (Å²) >= 11 is 0. The lowest BCUT2D eigenvalue weighted by molar-refractivity contribution is -0.137. The van der Waals surface area contributed by atoms with E-state index in [1.807, 2.05) is 25.1 Å². The summed E-state index contributed by atoms with van der Waals surface area (Å²) in [7, 11) is 0. The molecule has 0 atom stereocenters. The van der Waals surface area contributed by atoms with E-state index < -0.39 is 5.97 Å². The molecule has 2 aromatic heterocycles. The van der Waals surface area contributed by atoms with Gasteiger partial charge in [0.05, 0.1) is 5.69 Å². The van der Waals surface area contributed by atoms with Gasteiger partial charge in [-0.3, -0.25) is 9.78 Å². The van der Waals surface area contributed by atoms with Crippen LogP contribution in [0.3, 0.4) is 0 Å². The van der Waals surface area contributed by atoms with Crippen LogP contribution in [0.4, 0.5) is 0 Å². The smallest absolute Gasteiger partial charge is 0.303 e. The van der Waals surface area contributed by atoms with Gasteiger partial charge in [-0.15, -0.1) is 0 Å². The summed E-state index contributed by atoms with van der Waals surface area (Å²) < 4.78 is 0. The number of nitrogens with zero attached hydrogens (tertiary/aromatic N) is 3. The third-order valence-corrected chi connectivity index (χ3v) is 2.65. The number of hydrogen-bond donors (Lipinski definition) is 1. The van der Waals surface area contributed by atoms with Crippen molar-refractivity contribution in [3.8, 4) is 11.3 Å². The molecule has 0 fully saturated rings. The fourth-order valence-electron chi connectivity index (χ4n) is 1.80. The second-order valence-electron chi connectivity index (χ2n) is 4.30. The number of carboxylic acid groups (broad SMARTS) is 1. The van der Waals surface area contributed by atoms with E-state index in [1.54, 1.807) is 12.4 Å². The molecule has 0 unspecified atom stereocenters. The van der Waals surface area contributed by atoms with Gasteiger partial charge in [-0.05, 0) is 31.5 Å². The minimum absolute atomic E-state index is 0.138. The van der Waals surface area contributed by atoms with Crippen LogP contribution in [0.15, 0.2) is 30.6 Å². The first-order chi connectivity index (χ1) is 9.15. The molecule has 0 amide bonds. The monoisotopic (exact) mass is 257 g/mol. The standard InChI is InChI=1S/C14H15N3O2/c1-10-8-12(11-4-3-7-15-9-11)17-13(16-10)5-2-6-14(18)19/h3-4,7-9H,2,5-6H2,1H3,(H,18,19). The summed E-state index contributed by atoms with van der Waals surface area (Å²) in [6.45, 7) is 1.91. The maximum absolute atomic E-state index is 10.5. The third kappa shape index (κ3) is 3.84. The second-order valence-corrected chi connectivity index (χ2v) is 4.30. The van der Waals surface area contributed by atoms with E-state index in [0.29, 0.717) is 18.7 Å². The van der Waals surface area contributed by atoms with Crippen molar-refractivity contribution in [1.29, 1.82) is 0 Å². The van der Waals surface area contributed by atoms with E-state index >= 15 is 0 Å². The Bertz CT molecular complexity index is 570. The van der Waals surface area contributed by atoms with Crippen molar-refractivity contribution < 1.29 is 9.90 Å². The fraction of sp³-hybridized carbons (Fsp3) is 0.286. The topological polar surface area (TPSA) is 76.0 Å². The van der Waals surface area contributed by atoms with Crippen molar-refractivity contribution in [1.82, 2.24) is 15.0 Å². The lowest BCUT2D eigenvalue weighted by Gasteiger charge is -2.05. The molecular formula is C14H15N3O2. The summed E-state index contributed by atoms with van der Waals surface area (Å²) in [6, 6.07) is 5.70. The van der Waals surface area contributed by atoms with Crippen molar-refractivity contribution in [3.63, 3.8) is 0 Å². The van der Waals surface area contributed by atoms with Crippen LogP contribution in [-0.2, 0) is 11.2 Å². The van der Waals surface area contributed by atoms with Gasteiger partial charge in [0.1, 0.15) is 5.82 Å². The van der Waals surface area contributed by atoms with Gasteiger partial charge in [-0.2, -0.15) is 0 Å². The van der Waals surface area contributed by atoms with Crippen molar-refractivity contribution in [2.75, 3.05) is 0 Å². The van der Waals surface area contributed by atoms with Crippen LogP contribution >= 0.6 is 0 Å². The van der Waals surface area contributed by atoms with Crippen LogP contribution in [0.5, 0.6) is 0 Å². The van der Waals surface area contributed by atoms with Gasteiger partial charge in [-0.25, -0.2) is 9.97 Å². The van der Waals surface area contributed by atoms with Crippen molar-refractivity contribution in [2.45, 2.75) is 26.2 Å². The quantitative estimate of drug-likeness (QED) is 0.889. The van der Waals surface area contributed by atoms with E-state index in [9.17, 15) is 4.79 Å². The molecule has 0 saturated heterocycles. The molecule has 2 rings (SSSR count). The van der Waals surface area contributed by atoms with Crippen molar-refractivity contribution >= 4 is 5.97 Å². The summed E-state index contributed by atoms with van der Waals surface area (Å²) in [4.78, 5) is 23.4. The van der Waals surface area contributed by atoms with Gasteiger partial charge in [0, 0.05) is 36.5 Å². The molecule has 0 saturated carbocycles. The van der Waals surface area contributed by atoms with Crippen molar-refractivity contribution in [3.05, 3.63) is 42.1 Å². The third-order valence-electron chi connectivity index (χ3n) is 2.65. The molecule has 0 aliphatic heterocycles. The van der Waals surface area contributed by atoms with Crippen LogP contribution < -0.4 is 0 Å². The van der Waals surface area contributed by atoms with Gasteiger partial charge in [0.15, 0.2) is 0 Å². The Morgan fingerprint density at radius 1 is 1.37 bits per heavy atom. The average molecular weight is 257 g/mol. The van der Waals surface area contributed by atoms with E-state index in [-0.39, 0.29) is 6.42 Å². The molecule has 1 N–H and O–H groups in total. The predicted molar refractivity (Wildman–Crippen MR) is 70.6 cm³/mol. The molecule has 5 heteroatoms. The number of hydrogen-bond acceptors (Lipinski definition) is 4. The minimum atomic E-state index is -0.792. The molecule has 98 valence electrons. The van der Waals surface area contributed by atoms with E-state index in [4.69, 9.17) is 5.11 Å². The molecule has 0 aromatic carbocycles. The highest BCUT2D eigenvalue weighted by atomic mass is 16.4. The van der Waals surface area contributed by atoms with E-state index in [2.05, 4.69) is 15.0 Å². The summed E-state index contributed by atoms with van der Waals surface area (Å²) in [6.07, 6.45) is 4.72. The molecule has 2 aromatic rings. The van der Waals surface area contributed by atoms with Crippen LogP contribution in [-0.4, -0.2) is 26.0 Å². The average Bonchev–Trinajstić information content (AvgIpc) is 2.39. The molecular weight excluding hydrogens is 242 g/mol. The molecule has 2 heterocycles. The highest BCUT2D eigenvalue weighted by Gasteiger charge is 2.06. The second kappa shape index (κ2) is 6.04. The zero-order chi connectivity index (χ0) is 13.7. The number of pyridine rings is 1. The SMILES string of the molecule is Cc1cc(-c2cccnc2)nc(CCCC(=O)O)n1. The lowest BCUT2D eigenvalue weighted by Crippen LogP contribution is -2.02. The number of aryl methyl sites for hydroxylation is 2. The summed E-state index contributed by atoms with van der Waals surface area (Å²) in [5.74, 6) is -0.111. The van der Waals surface area contributed by atoms with Gasteiger partial charge >= 0.3 is 5.97 Å². The van der Waals surface area contributed by atoms with Gasteiger partial charge in [-0.1, -0.05) is 0 Å². The maximum atomic E-state index is 10.5. The van der Waals surface area contributed by atoms with Crippen LogP contribution in [0.1, 0.15) is 24.4 Å². The van der Waals surface area contributed by atoms with E-state index in [1.165, 1.54) is 0 Å². The minimum Gasteiger partial charge on any atom is -0.481 e. The molecule has 0 radical (unpaired) electrons. The Hall–Kier alpha value is -2.30. The number of aliphatic carboxylic acids is 1. The summed E-state index contributed by atoms with van der Waals surface area (Å²) in [5.41, 5.74) is 2.64. The van der Waals surface area contributed by atoms with Crippen LogP contribution in [0, 0.1) is 6.92 Å². The Morgan fingerprint density at radius 3 is 2.89 bits per heavy atom. The van der Waals surface area contributed by atoms with Gasteiger partial charge in [0.25, 0.3) is 0 Å². The predicted octanol–water partition coefficient (Wildman–Crippen LogP) is 2.25. The zero-order valence-corrected chi connectivity index (χ0v) is 10.7. The van der Waals surface area contributed by atoms with Crippen LogP contribution in [0.2, 0.25) is 0 Å². The number of aromatic nitrogens is 3. The first-order valence-corrected chi connectivity index (χ1v) is 6.12. The Kier molecular flexibility index (Phi) is 4.18.